The summed E-state index contributed by atoms with van der Waals surface area (Å²) in [6.07, 6.45) is 0. The summed E-state index contributed by atoms with van der Waals surface area (Å²) in [5.41, 5.74) is 0. The van der Waals surface area contributed by atoms with Gasteiger partial charge in [0.1, 0.15) is 0 Å². The molecule has 0 bridgehead atoms. The molecule has 0 aliphatic carbocycles. The number of hydrogen-bond donors (Lipinski definition) is 0. The Morgan fingerprint density at radius 1 is 0.382 bits per heavy atom. The van der Waals surface area contributed by atoms with Crippen molar-refractivity contribution in [2.24, 2.45) is 0 Å². The molecule has 6 rings (SSSR count). The summed E-state index contributed by atoms with van der Waals surface area (Å²) in [5.74, 6) is 0. The predicted octanol–water partition coefficient (Wildman–Crippen LogP) is 7.24. The molecule has 0 radical (unpaired) electrons. The predicted molar refractivity (Wildman–Crippen MR) is 145 cm³/mol. The molecule has 0 fully saturated rings. The zero-order valence-corrected chi connectivity index (χ0v) is 21.7. The quantitative estimate of drug-likeness (QED) is 0.0833. The molecule has 2 heteroatoms. The second-order valence-corrected chi connectivity index (χ2v) is 10.0. The molecule has 0 aliphatic rings. The summed E-state index contributed by atoms with van der Waals surface area (Å²) >= 11 is 0. The summed E-state index contributed by atoms with van der Waals surface area (Å²) in [4.78, 5) is 0. The number of benzene rings is 6. The Morgan fingerprint density at radius 2 is 0.706 bits per heavy atom. The van der Waals surface area contributed by atoms with Gasteiger partial charge in [0.15, 0.2) is 0 Å². The van der Waals surface area contributed by atoms with Crippen LogP contribution in [-0.2, 0) is 22.4 Å². The molecular formula is C32H24AuP. The van der Waals surface area contributed by atoms with Gasteiger partial charge in [0.2, 0.25) is 0 Å². The van der Waals surface area contributed by atoms with E-state index < -0.39 is 7.92 Å². The standard InChI is InChI=1S/C18H15P.C14H9.Au/c1-4-10-16(11-5-1)19(17-12-6-2-7-13-17)18-14-8-3-9-15-18;1-2-6-12-10-14-8-4-3-7-13(14)9-11(12)5-1;/h1-15H;1-9H;/q;-1;+1. The van der Waals surface area contributed by atoms with E-state index in [0.717, 1.165) is 0 Å². The molecule has 0 nitrogen and oxygen atoms in total. The van der Waals surface area contributed by atoms with Gasteiger partial charge in [0.25, 0.3) is 0 Å². The van der Waals surface area contributed by atoms with Crippen molar-refractivity contribution in [3.63, 3.8) is 0 Å². The van der Waals surface area contributed by atoms with Gasteiger partial charge in [-0.2, -0.15) is 0 Å². The van der Waals surface area contributed by atoms with Crippen molar-refractivity contribution in [1.29, 1.82) is 0 Å². The average Bonchev–Trinajstić information content (AvgIpc) is 2.90. The maximum Gasteiger partial charge on any atom is 1.00 e. The zero-order valence-electron chi connectivity index (χ0n) is 18.6. The second-order valence-electron chi connectivity index (χ2n) is 7.79. The molecular weight excluding hydrogens is 612 g/mol. The molecule has 34 heavy (non-hydrogen) atoms. The molecule has 0 N–H and O–H groups in total. The van der Waals surface area contributed by atoms with E-state index >= 15 is 0 Å². The van der Waals surface area contributed by atoms with E-state index in [1.54, 1.807) is 0 Å². The van der Waals surface area contributed by atoms with Gasteiger partial charge < -0.3 is 0 Å². The average molecular weight is 636 g/mol. The first kappa shape index (κ1) is 24.1. The topological polar surface area (TPSA) is 0 Å². The molecule has 6 aromatic rings. The first-order valence-electron chi connectivity index (χ1n) is 11.1. The summed E-state index contributed by atoms with van der Waals surface area (Å²) < 4.78 is 0. The Labute approximate surface area is 218 Å². The molecule has 0 saturated carbocycles. The van der Waals surface area contributed by atoms with Crippen LogP contribution < -0.4 is 15.9 Å². The van der Waals surface area contributed by atoms with Crippen LogP contribution in [0.4, 0.5) is 0 Å². The van der Waals surface area contributed by atoms with Crippen molar-refractivity contribution in [3.05, 3.63) is 152 Å². The Kier molecular flexibility index (Phi) is 8.47. The normalized spacial score (nSPS) is 10.4. The van der Waals surface area contributed by atoms with Crippen molar-refractivity contribution >= 4 is 45.4 Å². The van der Waals surface area contributed by atoms with Gasteiger partial charge in [0.05, 0.1) is 0 Å². The largest absolute Gasteiger partial charge is 1.00 e. The van der Waals surface area contributed by atoms with E-state index in [1.807, 2.05) is 12.1 Å². The van der Waals surface area contributed by atoms with Crippen molar-refractivity contribution in [1.82, 2.24) is 0 Å². The zero-order chi connectivity index (χ0) is 22.3. The third-order valence-electron chi connectivity index (χ3n) is 5.55. The van der Waals surface area contributed by atoms with E-state index in [-0.39, 0.29) is 22.4 Å². The van der Waals surface area contributed by atoms with Crippen molar-refractivity contribution in [2.45, 2.75) is 0 Å². The summed E-state index contributed by atoms with van der Waals surface area (Å²) in [6.45, 7) is 0. The van der Waals surface area contributed by atoms with Crippen LogP contribution in [0.2, 0.25) is 0 Å². The number of rotatable bonds is 3. The van der Waals surface area contributed by atoms with Crippen LogP contribution in [0.5, 0.6) is 0 Å². The van der Waals surface area contributed by atoms with Crippen molar-refractivity contribution in [3.8, 4) is 0 Å². The summed E-state index contributed by atoms with van der Waals surface area (Å²) in [6, 6.07) is 54.6. The third-order valence-corrected chi connectivity index (χ3v) is 7.99. The summed E-state index contributed by atoms with van der Waals surface area (Å²) in [7, 11) is -0.446. The third kappa shape index (κ3) is 5.73. The second kappa shape index (κ2) is 11.9. The van der Waals surface area contributed by atoms with Crippen molar-refractivity contribution < 1.29 is 22.4 Å². The first-order chi connectivity index (χ1) is 16.4. The van der Waals surface area contributed by atoms with E-state index in [2.05, 4.69) is 140 Å². The molecule has 6 aromatic carbocycles. The van der Waals surface area contributed by atoms with Crippen LogP contribution >= 0.6 is 7.92 Å². The summed E-state index contributed by atoms with van der Waals surface area (Å²) in [5, 5.41) is 9.08. The molecule has 0 aliphatic heterocycles. The number of hydrogen-bond acceptors (Lipinski definition) is 0. The van der Waals surface area contributed by atoms with E-state index in [1.165, 1.54) is 37.5 Å². The van der Waals surface area contributed by atoms with Crippen LogP contribution in [0, 0.1) is 6.07 Å². The van der Waals surface area contributed by atoms with Crippen LogP contribution in [0.25, 0.3) is 21.5 Å². The molecule has 0 amide bonds. The Bertz CT molecular complexity index is 1250. The van der Waals surface area contributed by atoms with E-state index in [9.17, 15) is 0 Å². The van der Waals surface area contributed by atoms with E-state index in [0.29, 0.717) is 0 Å². The molecule has 0 heterocycles. The SMILES string of the molecule is [Au+].[c-]1c2ccccc2cc2ccccc12.c1ccc(P(c2ccccc2)c2ccccc2)cc1. The minimum Gasteiger partial charge on any atom is -0.118 e. The van der Waals surface area contributed by atoms with Gasteiger partial charge in [-0.1, -0.05) is 138 Å². The van der Waals surface area contributed by atoms with Gasteiger partial charge in [0, 0.05) is 0 Å². The maximum atomic E-state index is 3.41. The van der Waals surface area contributed by atoms with Gasteiger partial charge in [-0.3, -0.25) is 0 Å². The molecule has 0 aromatic heterocycles. The Hall–Kier alpha value is -2.99. The van der Waals surface area contributed by atoms with E-state index in [4.69, 9.17) is 0 Å². The molecule has 0 spiro atoms. The fraction of sp³-hybridized carbons (Fsp3) is 0. The monoisotopic (exact) mass is 636 g/mol. The fourth-order valence-electron chi connectivity index (χ4n) is 3.96. The van der Waals surface area contributed by atoms with Gasteiger partial charge in [-0.05, 0) is 23.8 Å². The minimum atomic E-state index is -0.446. The van der Waals surface area contributed by atoms with Crippen LogP contribution in [0.3, 0.4) is 0 Å². The molecule has 0 unspecified atom stereocenters. The fourth-order valence-corrected chi connectivity index (χ4v) is 6.27. The first-order valence-corrected chi connectivity index (χ1v) is 12.5. The minimum absolute atomic E-state index is 0. The Morgan fingerprint density at radius 3 is 1.09 bits per heavy atom. The molecule has 0 atom stereocenters. The number of fused-ring (bicyclic) bond motifs is 2. The van der Waals surface area contributed by atoms with Crippen molar-refractivity contribution in [2.75, 3.05) is 0 Å². The van der Waals surface area contributed by atoms with Gasteiger partial charge in [-0.25, -0.2) is 0 Å². The van der Waals surface area contributed by atoms with Crippen LogP contribution in [-0.4, -0.2) is 0 Å². The molecule has 0 saturated heterocycles. The smallest absolute Gasteiger partial charge is 0.118 e. The Balaban J connectivity index is 0.000000163. The van der Waals surface area contributed by atoms with Crippen LogP contribution in [0.1, 0.15) is 0 Å². The van der Waals surface area contributed by atoms with Gasteiger partial charge >= 0.3 is 22.4 Å². The maximum absolute atomic E-state index is 3.41. The van der Waals surface area contributed by atoms with Gasteiger partial charge in [-0.15, -0.1) is 35.0 Å². The molecule has 168 valence electrons. The van der Waals surface area contributed by atoms with Crippen LogP contribution in [0.15, 0.2) is 146 Å².